The number of benzene rings is 1. The summed E-state index contributed by atoms with van der Waals surface area (Å²) in [5, 5.41) is 3.41. The summed E-state index contributed by atoms with van der Waals surface area (Å²) in [7, 11) is 1.53. The van der Waals surface area contributed by atoms with E-state index in [0.717, 1.165) is 30.4 Å². The van der Waals surface area contributed by atoms with Crippen molar-refractivity contribution in [3.63, 3.8) is 0 Å². The van der Waals surface area contributed by atoms with Gasteiger partial charge in [0.15, 0.2) is 0 Å². The van der Waals surface area contributed by atoms with Crippen molar-refractivity contribution < 1.29 is 8.85 Å². The van der Waals surface area contributed by atoms with Crippen LogP contribution in [0.2, 0.25) is 12.6 Å². The monoisotopic (exact) mass is 268 g/mol. The van der Waals surface area contributed by atoms with E-state index >= 15 is 0 Å². The molecule has 0 fully saturated rings. The van der Waals surface area contributed by atoms with E-state index < -0.39 is 8.56 Å². The maximum absolute atomic E-state index is 5.77. The first kappa shape index (κ1) is 15.0. The molecule has 0 aromatic heterocycles. The van der Waals surface area contributed by atoms with Crippen LogP contribution in [-0.2, 0) is 8.85 Å². The Labute approximate surface area is 111 Å². The highest BCUT2D eigenvalue weighted by Crippen LogP contribution is 2.19. The number of anilines is 2. The molecule has 0 saturated carbocycles. The van der Waals surface area contributed by atoms with Crippen LogP contribution >= 0.6 is 0 Å². The van der Waals surface area contributed by atoms with E-state index in [1.165, 1.54) is 5.56 Å². The van der Waals surface area contributed by atoms with Crippen molar-refractivity contribution in [3.8, 4) is 0 Å². The van der Waals surface area contributed by atoms with Gasteiger partial charge in [0.2, 0.25) is 0 Å². The lowest BCUT2D eigenvalue weighted by atomic mass is 10.2. The van der Waals surface area contributed by atoms with Gasteiger partial charge in [-0.05, 0) is 43.6 Å². The predicted molar refractivity (Wildman–Crippen MR) is 79.1 cm³/mol. The molecular formula is C13H24N2O2Si. The molecule has 1 aromatic rings. The summed E-state index contributed by atoms with van der Waals surface area (Å²) in [6.45, 7) is 5.06. The van der Waals surface area contributed by atoms with E-state index in [0.29, 0.717) is 0 Å². The van der Waals surface area contributed by atoms with Crippen LogP contribution in [0, 0.1) is 6.92 Å². The zero-order valence-electron chi connectivity index (χ0n) is 11.7. The largest absolute Gasteiger partial charge is 0.399 e. The average molecular weight is 268 g/mol. The number of hydrogen-bond donors (Lipinski definition) is 2. The second-order valence-electron chi connectivity index (χ2n) is 4.65. The van der Waals surface area contributed by atoms with Crippen LogP contribution in [0.3, 0.4) is 0 Å². The zero-order chi connectivity index (χ0) is 13.6. The van der Waals surface area contributed by atoms with Crippen LogP contribution < -0.4 is 11.1 Å². The fraction of sp³-hybridized carbons (Fsp3) is 0.538. The van der Waals surface area contributed by atoms with Crippen LogP contribution in [0.15, 0.2) is 18.2 Å². The zero-order valence-corrected chi connectivity index (χ0v) is 12.7. The topological polar surface area (TPSA) is 56.5 Å². The number of nitrogens with one attached hydrogen (secondary N) is 1. The third-order valence-corrected chi connectivity index (χ3v) is 6.24. The molecule has 3 N–H and O–H groups in total. The van der Waals surface area contributed by atoms with E-state index in [2.05, 4.69) is 18.8 Å². The normalized spacial score (nSPS) is 11.6. The molecule has 0 aliphatic heterocycles. The molecule has 102 valence electrons. The maximum atomic E-state index is 5.77. The Balaban J connectivity index is 2.40. The van der Waals surface area contributed by atoms with Gasteiger partial charge in [0.25, 0.3) is 0 Å². The van der Waals surface area contributed by atoms with Crippen LogP contribution in [0.25, 0.3) is 0 Å². The molecule has 0 aliphatic rings. The van der Waals surface area contributed by atoms with Gasteiger partial charge in [-0.2, -0.15) is 0 Å². The average Bonchev–Trinajstić information content (AvgIpc) is 2.38. The molecule has 4 nitrogen and oxygen atoms in total. The van der Waals surface area contributed by atoms with Gasteiger partial charge < -0.3 is 19.9 Å². The first-order valence-corrected chi connectivity index (χ1v) is 8.73. The van der Waals surface area contributed by atoms with Crippen LogP contribution in [0.4, 0.5) is 11.4 Å². The Bertz CT molecular complexity index is 381. The summed E-state index contributed by atoms with van der Waals surface area (Å²) in [5.74, 6) is 0. The molecule has 0 unspecified atom stereocenters. The summed E-state index contributed by atoms with van der Waals surface area (Å²) < 4.78 is 10.9. The SMILES string of the molecule is CO[Si](C)(CCCNc1cc(N)ccc1C)OC. The fourth-order valence-electron chi connectivity index (χ4n) is 1.75. The van der Waals surface area contributed by atoms with Gasteiger partial charge in [0, 0.05) is 32.1 Å². The van der Waals surface area contributed by atoms with Crippen molar-refractivity contribution in [1.82, 2.24) is 0 Å². The smallest absolute Gasteiger partial charge is 0.334 e. The molecule has 0 atom stereocenters. The Morgan fingerprint density at radius 2 is 1.94 bits per heavy atom. The van der Waals surface area contributed by atoms with Crippen molar-refractivity contribution >= 4 is 19.9 Å². The first-order chi connectivity index (χ1) is 8.50. The predicted octanol–water partition coefficient (Wildman–Crippen LogP) is 2.74. The molecule has 5 heteroatoms. The summed E-state index contributed by atoms with van der Waals surface area (Å²) in [4.78, 5) is 0. The molecule has 18 heavy (non-hydrogen) atoms. The number of nitrogen functional groups attached to an aromatic ring is 1. The highest BCUT2D eigenvalue weighted by atomic mass is 28.4. The van der Waals surface area contributed by atoms with Gasteiger partial charge >= 0.3 is 8.56 Å². The van der Waals surface area contributed by atoms with Crippen LogP contribution in [-0.4, -0.2) is 29.3 Å². The Kier molecular flexibility index (Phi) is 5.65. The second-order valence-corrected chi connectivity index (χ2v) is 8.23. The molecule has 0 spiro atoms. The highest BCUT2D eigenvalue weighted by molar-refractivity contribution is 6.65. The van der Waals surface area contributed by atoms with Crippen molar-refractivity contribution in [2.24, 2.45) is 0 Å². The van der Waals surface area contributed by atoms with Gasteiger partial charge in [0.05, 0.1) is 0 Å². The second kappa shape index (κ2) is 6.77. The van der Waals surface area contributed by atoms with Gasteiger partial charge in [-0.15, -0.1) is 0 Å². The number of nitrogens with two attached hydrogens (primary N) is 1. The summed E-state index contributed by atoms with van der Waals surface area (Å²) in [6, 6.07) is 6.90. The van der Waals surface area contributed by atoms with E-state index in [1.54, 1.807) is 14.2 Å². The Morgan fingerprint density at radius 1 is 1.28 bits per heavy atom. The molecule has 1 aromatic carbocycles. The molecule has 0 aliphatic carbocycles. The minimum absolute atomic E-state index is 0.788. The Hall–Kier alpha value is -1.04. The molecule has 0 saturated heterocycles. The third kappa shape index (κ3) is 4.32. The maximum Gasteiger partial charge on any atom is 0.334 e. The first-order valence-electron chi connectivity index (χ1n) is 6.21. The Morgan fingerprint density at radius 3 is 2.56 bits per heavy atom. The molecule has 0 radical (unpaired) electrons. The number of rotatable bonds is 7. The summed E-state index contributed by atoms with van der Waals surface area (Å²) in [5.41, 5.74) is 8.87. The van der Waals surface area contributed by atoms with E-state index in [4.69, 9.17) is 14.6 Å². The van der Waals surface area contributed by atoms with Gasteiger partial charge in [-0.25, -0.2) is 0 Å². The van der Waals surface area contributed by atoms with E-state index in [1.807, 2.05) is 18.2 Å². The van der Waals surface area contributed by atoms with Crippen molar-refractivity contribution in [3.05, 3.63) is 23.8 Å². The van der Waals surface area contributed by atoms with E-state index in [-0.39, 0.29) is 0 Å². The number of hydrogen-bond acceptors (Lipinski definition) is 4. The van der Waals surface area contributed by atoms with Crippen molar-refractivity contribution in [1.29, 1.82) is 0 Å². The van der Waals surface area contributed by atoms with Crippen LogP contribution in [0.5, 0.6) is 0 Å². The van der Waals surface area contributed by atoms with Crippen molar-refractivity contribution in [2.75, 3.05) is 31.8 Å². The summed E-state index contributed by atoms with van der Waals surface area (Å²) in [6.07, 6.45) is 1.03. The van der Waals surface area contributed by atoms with E-state index in [9.17, 15) is 0 Å². The third-order valence-electron chi connectivity index (χ3n) is 3.25. The quantitative estimate of drug-likeness (QED) is 0.453. The highest BCUT2D eigenvalue weighted by Gasteiger charge is 2.27. The molecular weight excluding hydrogens is 244 g/mol. The molecule has 0 bridgehead atoms. The fourth-order valence-corrected chi connectivity index (χ4v) is 3.14. The summed E-state index contributed by atoms with van der Waals surface area (Å²) >= 11 is 0. The van der Waals surface area contributed by atoms with Crippen molar-refractivity contribution in [2.45, 2.75) is 25.9 Å². The van der Waals surface area contributed by atoms with Gasteiger partial charge in [-0.3, -0.25) is 0 Å². The minimum Gasteiger partial charge on any atom is -0.399 e. The minimum atomic E-state index is -1.92. The lowest BCUT2D eigenvalue weighted by Crippen LogP contribution is -2.36. The van der Waals surface area contributed by atoms with Gasteiger partial charge in [-0.1, -0.05) is 6.07 Å². The lowest BCUT2D eigenvalue weighted by molar-refractivity contribution is 0.249. The molecule has 0 heterocycles. The molecule has 0 amide bonds. The molecule has 1 rings (SSSR count). The van der Waals surface area contributed by atoms with Crippen LogP contribution in [0.1, 0.15) is 12.0 Å². The lowest BCUT2D eigenvalue weighted by Gasteiger charge is -2.22. The standard InChI is InChI=1S/C13H24N2O2Si/c1-11-6-7-12(14)10-13(11)15-8-5-9-18(4,16-2)17-3/h6-7,10,15H,5,8-9,14H2,1-4H3. The number of aryl methyl sites for hydroxylation is 1. The van der Waals surface area contributed by atoms with Gasteiger partial charge in [0.1, 0.15) is 0 Å².